The average molecular weight is 437 g/mol. The lowest BCUT2D eigenvalue weighted by atomic mass is 9.48. The summed E-state index contributed by atoms with van der Waals surface area (Å²) in [5.74, 6) is 1.61. The lowest BCUT2D eigenvalue weighted by Crippen LogP contribution is -2.51. The lowest BCUT2D eigenvalue weighted by Gasteiger charge is -2.57. The second-order valence-electron chi connectivity index (χ2n) is 11.1. The van der Waals surface area contributed by atoms with Gasteiger partial charge in [0, 0.05) is 18.8 Å². The maximum atomic E-state index is 12.8. The van der Waals surface area contributed by atoms with Crippen molar-refractivity contribution in [2.75, 3.05) is 0 Å². The number of hydrogen-bond acceptors (Lipinski definition) is 4. The molecule has 7 atom stereocenters. The molecule has 0 saturated heterocycles. The van der Waals surface area contributed by atoms with Crippen LogP contribution in [0.3, 0.4) is 0 Å². The molecule has 0 spiro atoms. The van der Waals surface area contributed by atoms with Gasteiger partial charge in [0.25, 0.3) is 0 Å². The van der Waals surface area contributed by atoms with E-state index in [0.29, 0.717) is 23.3 Å². The van der Waals surface area contributed by atoms with Gasteiger partial charge in [-0.3, -0.25) is 4.79 Å². The highest BCUT2D eigenvalue weighted by Gasteiger charge is 2.59. The van der Waals surface area contributed by atoms with Crippen LogP contribution in [0.2, 0.25) is 0 Å². The molecule has 1 aromatic rings. The first-order valence-electron chi connectivity index (χ1n) is 12.4. The van der Waals surface area contributed by atoms with Gasteiger partial charge >= 0.3 is 11.9 Å². The molecule has 0 radical (unpaired) electrons. The molecule has 0 heterocycles. The second kappa shape index (κ2) is 8.04. The minimum atomic E-state index is -0.179. The van der Waals surface area contributed by atoms with Crippen LogP contribution in [0.25, 0.3) is 0 Å². The van der Waals surface area contributed by atoms with Gasteiger partial charge in [-0.05, 0) is 80.2 Å². The van der Waals surface area contributed by atoms with E-state index in [1.165, 1.54) is 18.9 Å². The number of allylic oxidation sites excluding steroid dienone is 1. The van der Waals surface area contributed by atoms with Crippen molar-refractivity contribution in [1.29, 1.82) is 0 Å². The Morgan fingerprint density at radius 1 is 0.938 bits per heavy atom. The highest BCUT2D eigenvalue weighted by Crippen LogP contribution is 2.65. The van der Waals surface area contributed by atoms with Crippen LogP contribution < -0.4 is 0 Å². The molecule has 0 amide bonds. The normalized spacial score (nSPS) is 40.3. The summed E-state index contributed by atoms with van der Waals surface area (Å²) in [6.07, 6.45) is 11.1. The predicted molar refractivity (Wildman–Crippen MR) is 123 cm³/mol. The van der Waals surface area contributed by atoms with Gasteiger partial charge in [-0.2, -0.15) is 0 Å². The molecule has 0 unspecified atom stereocenters. The van der Waals surface area contributed by atoms with Crippen molar-refractivity contribution in [3.8, 4) is 0 Å². The van der Waals surface area contributed by atoms with Crippen molar-refractivity contribution in [3.63, 3.8) is 0 Å². The Hall–Kier alpha value is -2.10. The van der Waals surface area contributed by atoms with Crippen molar-refractivity contribution in [2.24, 2.45) is 28.6 Å². The molecule has 172 valence electrons. The Labute approximate surface area is 191 Å². The first-order chi connectivity index (χ1) is 15.3. The van der Waals surface area contributed by atoms with E-state index < -0.39 is 0 Å². The molecule has 32 heavy (non-hydrogen) atoms. The summed E-state index contributed by atoms with van der Waals surface area (Å²) in [7, 11) is 0. The van der Waals surface area contributed by atoms with Gasteiger partial charge in [0.1, 0.15) is 12.2 Å². The summed E-state index contributed by atoms with van der Waals surface area (Å²) in [5.41, 5.74) is 2.46. The van der Waals surface area contributed by atoms with Gasteiger partial charge in [-0.15, -0.1) is 0 Å². The van der Waals surface area contributed by atoms with Gasteiger partial charge < -0.3 is 9.47 Å². The van der Waals surface area contributed by atoms with Gasteiger partial charge in [0.05, 0.1) is 5.56 Å². The Kier molecular flexibility index (Phi) is 5.46. The molecule has 3 saturated carbocycles. The number of carbonyl (C=O) groups is 2. The van der Waals surface area contributed by atoms with E-state index in [4.69, 9.17) is 9.47 Å². The molecule has 4 aliphatic carbocycles. The minimum absolute atomic E-state index is 0.0130. The van der Waals surface area contributed by atoms with Crippen LogP contribution in [0.4, 0.5) is 0 Å². The summed E-state index contributed by atoms with van der Waals surface area (Å²) in [5, 5.41) is 0. The Balaban J connectivity index is 1.33. The zero-order valence-electron chi connectivity index (χ0n) is 19.6. The van der Waals surface area contributed by atoms with Crippen molar-refractivity contribution in [2.45, 2.75) is 84.3 Å². The predicted octanol–water partition coefficient (Wildman–Crippen LogP) is 6.11. The SMILES string of the molecule is CC(=O)O[C@H]1CC[C@@]2(C)C(=CC[C@@H]3[C@H]2CC[C@]2(C)[C@H](OC(=O)c4ccccc4)CC[C@@H]32)C1. The van der Waals surface area contributed by atoms with E-state index in [9.17, 15) is 9.59 Å². The molecule has 0 aromatic heterocycles. The molecule has 5 rings (SSSR count). The Bertz CT molecular complexity index is 921. The highest BCUT2D eigenvalue weighted by molar-refractivity contribution is 5.89. The topological polar surface area (TPSA) is 52.6 Å². The third kappa shape index (κ3) is 3.50. The summed E-state index contributed by atoms with van der Waals surface area (Å²) in [6.45, 7) is 6.36. The molecule has 0 aliphatic heterocycles. The fourth-order valence-corrected chi connectivity index (χ4v) is 7.88. The zero-order valence-corrected chi connectivity index (χ0v) is 19.6. The Morgan fingerprint density at radius 3 is 2.47 bits per heavy atom. The number of benzene rings is 1. The summed E-state index contributed by atoms with van der Waals surface area (Å²) >= 11 is 0. The molecule has 4 aliphatic rings. The number of ether oxygens (including phenoxy) is 2. The summed E-state index contributed by atoms with van der Waals surface area (Å²) in [6, 6.07) is 9.40. The standard InChI is InChI=1S/C28H36O4/c1-18(29)31-21-13-15-27(2)20(17-21)9-10-22-23-11-12-25(28(23,3)16-14-24(22)27)32-26(30)19-7-5-4-6-8-19/h4-9,21-25H,10-17H2,1-3H3/t21-,22-,23-,24+,25+,27-,28-/m0/s1. The van der Waals surface area contributed by atoms with Crippen LogP contribution in [-0.4, -0.2) is 24.1 Å². The molecule has 4 heteroatoms. The quantitative estimate of drug-likeness (QED) is 0.424. The van der Waals surface area contributed by atoms with E-state index in [-0.39, 0.29) is 35.0 Å². The molecule has 0 N–H and O–H groups in total. The fraction of sp³-hybridized carbons (Fsp3) is 0.643. The van der Waals surface area contributed by atoms with Crippen molar-refractivity contribution in [3.05, 3.63) is 47.5 Å². The molecular weight excluding hydrogens is 400 g/mol. The third-order valence-electron chi connectivity index (χ3n) is 9.56. The van der Waals surface area contributed by atoms with Gasteiger partial charge in [-0.1, -0.05) is 43.7 Å². The van der Waals surface area contributed by atoms with E-state index in [1.54, 1.807) is 0 Å². The van der Waals surface area contributed by atoms with Crippen molar-refractivity contribution < 1.29 is 19.1 Å². The smallest absolute Gasteiger partial charge is 0.338 e. The van der Waals surface area contributed by atoms with E-state index in [1.807, 2.05) is 30.3 Å². The summed E-state index contributed by atoms with van der Waals surface area (Å²) < 4.78 is 11.7. The monoisotopic (exact) mass is 436 g/mol. The Morgan fingerprint density at radius 2 is 1.72 bits per heavy atom. The summed E-state index contributed by atoms with van der Waals surface area (Å²) in [4.78, 5) is 24.2. The number of carbonyl (C=O) groups excluding carboxylic acids is 2. The third-order valence-corrected chi connectivity index (χ3v) is 9.56. The minimum Gasteiger partial charge on any atom is -0.462 e. The first kappa shape index (κ1) is 21.7. The molecule has 4 nitrogen and oxygen atoms in total. The van der Waals surface area contributed by atoms with E-state index in [2.05, 4.69) is 19.9 Å². The largest absolute Gasteiger partial charge is 0.462 e. The van der Waals surface area contributed by atoms with Crippen LogP contribution in [-0.2, 0) is 14.3 Å². The number of rotatable bonds is 3. The molecule has 3 fully saturated rings. The van der Waals surface area contributed by atoms with Crippen molar-refractivity contribution in [1.82, 2.24) is 0 Å². The molecule has 0 bridgehead atoms. The zero-order chi connectivity index (χ0) is 22.5. The average Bonchev–Trinajstić information content (AvgIpc) is 3.10. The van der Waals surface area contributed by atoms with Gasteiger partial charge in [0.2, 0.25) is 0 Å². The lowest BCUT2D eigenvalue weighted by molar-refractivity contribution is -0.148. The van der Waals surface area contributed by atoms with Crippen LogP contribution in [0, 0.1) is 28.6 Å². The first-order valence-corrected chi connectivity index (χ1v) is 12.4. The molecular formula is C28H36O4. The van der Waals surface area contributed by atoms with Crippen LogP contribution >= 0.6 is 0 Å². The van der Waals surface area contributed by atoms with Crippen molar-refractivity contribution >= 4 is 11.9 Å². The fourth-order valence-electron chi connectivity index (χ4n) is 7.88. The maximum absolute atomic E-state index is 12.8. The van der Waals surface area contributed by atoms with E-state index in [0.717, 1.165) is 44.9 Å². The highest BCUT2D eigenvalue weighted by atomic mass is 16.5. The number of fused-ring (bicyclic) bond motifs is 5. The van der Waals surface area contributed by atoms with Gasteiger partial charge in [0.15, 0.2) is 0 Å². The van der Waals surface area contributed by atoms with Crippen LogP contribution in [0.15, 0.2) is 42.0 Å². The maximum Gasteiger partial charge on any atom is 0.338 e. The number of hydrogen-bond donors (Lipinski definition) is 0. The van der Waals surface area contributed by atoms with E-state index >= 15 is 0 Å². The number of esters is 2. The van der Waals surface area contributed by atoms with Gasteiger partial charge in [-0.25, -0.2) is 4.79 Å². The van der Waals surface area contributed by atoms with Crippen LogP contribution in [0.1, 0.15) is 82.5 Å². The van der Waals surface area contributed by atoms with Crippen LogP contribution in [0.5, 0.6) is 0 Å². The second-order valence-corrected chi connectivity index (χ2v) is 11.1. The molecule has 1 aromatic carbocycles.